The van der Waals surface area contributed by atoms with Crippen molar-refractivity contribution in [3.8, 4) is 0 Å². The molecule has 2 nitrogen and oxygen atoms in total. The van der Waals surface area contributed by atoms with E-state index in [-0.39, 0.29) is 5.79 Å². The molecule has 0 bridgehead atoms. The lowest BCUT2D eigenvalue weighted by Gasteiger charge is -2.23. The first kappa shape index (κ1) is 8.02. The van der Waals surface area contributed by atoms with Gasteiger partial charge in [-0.25, -0.2) is 0 Å². The average molecular weight is 143 g/mol. The molecule has 1 aliphatic heterocycles. The molecule has 0 spiro atoms. The van der Waals surface area contributed by atoms with E-state index in [1.165, 1.54) is 0 Å². The van der Waals surface area contributed by atoms with Gasteiger partial charge in [0.15, 0.2) is 5.79 Å². The van der Waals surface area contributed by atoms with Crippen molar-refractivity contribution in [2.24, 2.45) is 5.92 Å². The van der Waals surface area contributed by atoms with Crippen molar-refractivity contribution in [3.63, 3.8) is 0 Å². The molecule has 1 fully saturated rings. The third-order valence-electron chi connectivity index (χ3n) is 1.57. The van der Waals surface area contributed by atoms with Crippen LogP contribution < -0.4 is 0 Å². The van der Waals surface area contributed by atoms with Crippen molar-refractivity contribution >= 4 is 0 Å². The van der Waals surface area contributed by atoms with Crippen LogP contribution in [-0.2, 0) is 9.47 Å². The summed E-state index contributed by atoms with van der Waals surface area (Å²) in [5.74, 6) is 0.283. The van der Waals surface area contributed by atoms with Crippen LogP contribution in [0.25, 0.3) is 0 Å². The molecular weight excluding hydrogens is 128 g/mol. The van der Waals surface area contributed by atoms with E-state index in [1.54, 1.807) is 6.61 Å². The standard InChI is InChI=1S/C8H15O2/c1-7(2)6-8(3)9-4-5-10-8/h4,7H,5-6H2,1-3H3. The van der Waals surface area contributed by atoms with E-state index in [0.717, 1.165) is 6.42 Å². The Labute approximate surface area is 62.5 Å². The minimum Gasteiger partial charge on any atom is -0.347 e. The van der Waals surface area contributed by atoms with Crippen molar-refractivity contribution in [1.29, 1.82) is 0 Å². The van der Waals surface area contributed by atoms with Gasteiger partial charge >= 0.3 is 0 Å². The van der Waals surface area contributed by atoms with Crippen LogP contribution in [0.4, 0.5) is 0 Å². The molecule has 1 heterocycles. The van der Waals surface area contributed by atoms with Crippen LogP contribution in [-0.4, -0.2) is 12.4 Å². The quantitative estimate of drug-likeness (QED) is 0.588. The Morgan fingerprint density at radius 3 is 2.70 bits per heavy atom. The predicted molar refractivity (Wildman–Crippen MR) is 39.2 cm³/mol. The second kappa shape index (κ2) is 2.89. The summed E-state index contributed by atoms with van der Waals surface area (Å²) in [5.41, 5.74) is 0. The number of ether oxygens (including phenoxy) is 2. The van der Waals surface area contributed by atoms with E-state index < -0.39 is 0 Å². The highest BCUT2D eigenvalue weighted by Crippen LogP contribution is 2.27. The first-order valence-electron chi connectivity index (χ1n) is 3.76. The molecule has 1 unspecified atom stereocenters. The highest BCUT2D eigenvalue weighted by Gasteiger charge is 2.31. The average Bonchev–Trinajstić information content (AvgIpc) is 2.12. The molecule has 1 rings (SSSR count). The van der Waals surface area contributed by atoms with Gasteiger partial charge < -0.3 is 9.47 Å². The maximum atomic E-state index is 5.37. The van der Waals surface area contributed by atoms with Crippen LogP contribution in [0, 0.1) is 12.5 Å². The van der Waals surface area contributed by atoms with Crippen LogP contribution in [0.3, 0.4) is 0 Å². The topological polar surface area (TPSA) is 18.5 Å². The van der Waals surface area contributed by atoms with Gasteiger partial charge in [-0.05, 0) is 12.8 Å². The molecule has 2 heteroatoms. The molecule has 0 saturated carbocycles. The zero-order valence-corrected chi connectivity index (χ0v) is 6.89. The molecule has 1 saturated heterocycles. The molecule has 10 heavy (non-hydrogen) atoms. The monoisotopic (exact) mass is 143 g/mol. The Hall–Kier alpha value is -0.0800. The maximum Gasteiger partial charge on any atom is 0.166 e. The Morgan fingerprint density at radius 2 is 2.30 bits per heavy atom. The smallest absolute Gasteiger partial charge is 0.166 e. The van der Waals surface area contributed by atoms with Crippen LogP contribution in [0.15, 0.2) is 0 Å². The Bertz CT molecular complexity index is 104. The minimum atomic E-state index is -0.339. The second-order valence-corrected chi connectivity index (χ2v) is 3.33. The van der Waals surface area contributed by atoms with Crippen LogP contribution in [0.5, 0.6) is 0 Å². The fourth-order valence-corrected chi connectivity index (χ4v) is 1.30. The summed E-state index contributed by atoms with van der Waals surface area (Å²) < 4.78 is 10.7. The second-order valence-electron chi connectivity index (χ2n) is 3.33. The highest BCUT2D eigenvalue weighted by atomic mass is 16.7. The molecule has 0 aromatic carbocycles. The van der Waals surface area contributed by atoms with Gasteiger partial charge in [-0.15, -0.1) is 0 Å². The summed E-state index contributed by atoms with van der Waals surface area (Å²) in [4.78, 5) is 0. The van der Waals surface area contributed by atoms with Gasteiger partial charge in [0.2, 0.25) is 0 Å². The van der Waals surface area contributed by atoms with Crippen LogP contribution >= 0.6 is 0 Å². The summed E-state index contributed by atoms with van der Waals surface area (Å²) >= 11 is 0. The third-order valence-corrected chi connectivity index (χ3v) is 1.57. The maximum absolute atomic E-state index is 5.37. The normalized spacial score (nSPS) is 24.0. The zero-order chi connectivity index (χ0) is 7.61. The largest absolute Gasteiger partial charge is 0.347 e. The van der Waals surface area contributed by atoms with Crippen LogP contribution in [0.1, 0.15) is 27.2 Å². The van der Waals surface area contributed by atoms with E-state index in [2.05, 4.69) is 13.8 Å². The molecular formula is C8H15O2. The molecule has 1 atom stereocenters. The lowest BCUT2D eigenvalue weighted by atomic mass is 10.0. The predicted octanol–water partition coefficient (Wildman–Crippen LogP) is 1.96. The lowest BCUT2D eigenvalue weighted by molar-refractivity contribution is -0.145. The van der Waals surface area contributed by atoms with Crippen molar-refractivity contribution in [3.05, 3.63) is 6.61 Å². The van der Waals surface area contributed by atoms with Gasteiger partial charge in [0.1, 0.15) is 6.61 Å². The minimum absolute atomic E-state index is 0.339. The fourth-order valence-electron chi connectivity index (χ4n) is 1.30. The Kier molecular flexibility index (Phi) is 2.32. The van der Waals surface area contributed by atoms with Crippen molar-refractivity contribution in [1.82, 2.24) is 0 Å². The SMILES string of the molecule is CC(C)CC1(C)O[CH]CO1. The first-order chi connectivity index (χ1) is 4.62. The molecule has 0 aromatic heterocycles. The number of hydrogen-bond donors (Lipinski definition) is 0. The van der Waals surface area contributed by atoms with E-state index in [0.29, 0.717) is 12.5 Å². The number of hydrogen-bond acceptors (Lipinski definition) is 2. The Balaban J connectivity index is 2.36. The van der Waals surface area contributed by atoms with Gasteiger partial charge in [0.25, 0.3) is 0 Å². The van der Waals surface area contributed by atoms with E-state index in [9.17, 15) is 0 Å². The van der Waals surface area contributed by atoms with Gasteiger partial charge in [0.05, 0.1) is 6.61 Å². The van der Waals surface area contributed by atoms with Gasteiger partial charge in [-0.1, -0.05) is 13.8 Å². The zero-order valence-electron chi connectivity index (χ0n) is 6.89. The number of rotatable bonds is 2. The molecule has 0 amide bonds. The fraction of sp³-hybridized carbons (Fsp3) is 0.875. The molecule has 0 aromatic rings. The Morgan fingerprint density at radius 1 is 1.60 bits per heavy atom. The van der Waals surface area contributed by atoms with E-state index in [1.807, 2.05) is 6.92 Å². The third kappa shape index (κ3) is 1.96. The summed E-state index contributed by atoms with van der Waals surface area (Å²) in [5, 5.41) is 0. The first-order valence-corrected chi connectivity index (χ1v) is 3.76. The van der Waals surface area contributed by atoms with E-state index in [4.69, 9.17) is 9.47 Å². The molecule has 59 valence electrons. The summed E-state index contributed by atoms with van der Waals surface area (Å²) in [6, 6.07) is 0. The molecule has 1 radical (unpaired) electrons. The molecule has 0 aliphatic carbocycles. The van der Waals surface area contributed by atoms with Gasteiger partial charge in [-0.3, -0.25) is 0 Å². The van der Waals surface area contributed by atoms with E-state index >= 15 is 0 Å². The lowest BCUT2D eigenvalue weighted by Crippen LogP contribution is -2.26. The summed E-state index contributed by atoms with van der Waals surface area (Å²) in [6.07, 6.45) is 0.962. The van der Waals surface area contributed by atoms with Crippen molar-refractivity contribution < 1.29 is 9.47 Å². The molecule has 0 N–H and O–H groups in total. The van der Waals surface area contributed by atoms with Gasteiger partial charge in [0, 0.05) is 6.42 Å². The van der Waals surface area contributed by atoms with Crippen molar-refractivity contribution in [2.75, 3.05) is 6.61 Å². The summed E-state index contributed by atoms with van der Waals surface area (Å²) in [6.45, 7) is 8.66. The van der Waals surface area contributed by atoms with Gasteiger partial charge in [-0.2, -0.15) is 0 Å². The highest BCUT2D eigenvalue weighted by molar-refractivity contribution is 4.74. The van der Waals surface area contributed by atoms with Crippen molar-refractivity contribution in [2.45, 2.75) is 33.0 Å². The molecule has 1 aliphatic rings. The van der Waals surface area contributed by atoms with Crippen LogP contribution in [0.2, 0.25) is 0 Å². The summed E-state index contributed by atoms with van der Waals surface area (Å²) in [7, 11) is 0.